The van der Waals surface area contributed by atoms with Crippen molar-refractivity contribution in [3.63, 3.8) is 0 Å². The summed E-state index contributed by atoms with van der Waals surface area (Å²) in [6.07, 6.45) is 13.8. The first-order valence-electron chi connectivity index (χ1n) is 11.2. The van der Waals surface area contributed by atoms with Crippen LogP contribution < -0.4 is 15.6 Å². The predicted octanol–water partition coefficient (Wildman–Crippen LogP) is 4.74. The van der Waals surface area contributed by atoms with Gasteiger partial charge in [0.05, 0.1) is 6.21 Å². The number of piperidine rings is 1. The van der Waals surface area contributed by atoms with E-state index in [0.29, 0.717) is 23.6 Å². The van der Waals surface area contributed by atoms with Crippen molar-refractivity contribution in [1.82, 2.24) is 15.0 Å². The van der Waals surface area contributed by atoms with E-state index >= 15 is 0 Å². The highest BCUT2D eigenvalue weighted by molar-refractivity contribution is 5.87. The second kappa shape index (κ2) is 9.64. The molecule has 8 nitrogen and oxygen atoms in total. The summed E-state index contributed by atoms with van der Waals surface area (Å²) < 4.78 is 5.78. The Labute approximate surface area is 187 Å². The fourth-order valence-corrected chi connectivity index (χ4v) is 3.94. The van der Waals surface area contributed by atoms with Crippen molar-refractivity contribution >= 4 is 35.0 Å². The van der Waals surface area contributed by atoms with Gasteiger partial charge in [0, 0.05) is 25.0 Å². The molecule has 8 heteroatoms. The highest BCUT2D eigenvalue weighted by Crippen LogP contribution is 2.20. The van der Waals surface area contributed by atoms with Crippen LogP contribution in [0.1, 0.15) is 37.9 Å². The first kappa shape index (κ1) is 20.2. The third-order valence-electron chi connectivity index (χ3n) is 5.64. The van der Waals surface area contributed by atoms with Crippen LogP contribution in [-0.2, 0) is 0 Å². The Morgan fingerprint density at radius 2 is 1.94 bits per heavy atom. The maximum absolute atomic E-state index is 5.78. The highest BCUT2D eigenvalue weighted by atomic mass is 16.3. The van der Waals surface area contributed by atoms with Gasteiger partial charge in [0.2, 0.25) is 17.8 Å². The Morgan fingerprint density at radius 1 is 1.06 bits per heavy atom. The van der Waals surface area contributed by atoms with Crippen LogP contribution in [0.25, 0.3) is 11.0 Å². The Hall–Kier alpha value is -3.68. The SMILES string of the molecule is C1=CCCC(CNc2nc(N/N=C/c3cc4ccccc4o3)nc(N3CCCCC3)n2)=C1. The number of aromatic nitrogens is 3. The summed E-state index contributed by atoms with van der Waals surface area (Å²) in [5.74, 6) is 2.31. The molecule has 32 heavy (non-hydrogen) atoms. The van der Waals surface area contributed by atoms with Gasteiger partial charge in [-0.3, -0.25) is 0 Å². The summed E-state index contributed by atoms with van der Waals surface area (Å²) >= 11 is 0. The number of allylic oxidation sites excluding steroid dienone is 3. The van der Waals surface area contributed by atoms with Gasteiger partial charge in [-0.25, -0.2) is 5.43 Å². The molecule has 0 unspecified atom stereocenters. The van der Waals surface area contributed by atoms with Crippen LogP contribution in [0.5, 0.6) is 0 Å². The maximum Gasteiger partial charge on any atom is 0.250 e. The third kappa shape index (κ3) is 4.96. The zero-order valence-electron chi connectivity index (χ0n) is 18.0. The Bertz CT molecular complexity index is 1130. The van der Waals surface area contributed by atoms with Gasteiger partial charge in [0.15, 0.2) is 0 Å². The lowest BCUT2D eigenvalue weighted by molar-refractivity contribution is 0.568. The minimum Gasteiger partial charge on any atom is -0.455 e. The van der Waals surface area contributed by atoms with Crippen molar-refractivity contribution in [3.8, 4) is 0 Å². The van der Waals surface area contributed by atoms with E-state index in [9.17, 15) is 0 Å². The number of nitrogens with zero attached hydrogens (tertiary/aromatic N) is 5. The number of rotatable bonds is 7. The van der Waals surface area contributed by atoms with E-state index in [1.54, 1.807) is 6.21 Å². The average Bonchev–Trinajstić information content (AvgIpc) is 3.27. The smallest absolute Gasteiger partial charge is 0.250 e. The number of hydrogen-bond acceptors (Lipinski definition) is 8. The number of benzene rings is 1. The molecule has 0 amide bonds. The zero-order valence-corrected chi connectivity index (χ0v) is 18.0. The molecule has 2 aliphatic rings. The van der Waals surface area contributed by atoms with Gasteiger partial charge in [-0.2, -0.15) is 20.1 Å². The van der Waals surface area contributed by atoms with E-state index in [0.717, 1.165) is 56.3 Å². The molecule has 1 fully saturated rings. The van der Waals surface area contributed by atoms with E-state index in [2.05, 4.69) is 53.9 Å². The van der Waals surface area contributed by atoms with E-state index in [-0.39, 0.29) is 0 Å². The minimum absolute atomic E-state index is 0.410. The molecular weight excluding hydrogens is 402 g/mol. The topological polar surface area (TPSA) is 91.5 Å². The lowest BCUT2D eigenvalue weighted by Crippen LogP contribution is -2.31. The fraction of sp³-hybridized carbons (Fsp3) is 0.333. The van der Waals surface area contributed by atoms with Crippen molar-refractivity contribution in [3.05, 3.63) is 59.9 Å². The van der Waals surface area contributed by atoms with Gasteiger partial charge in [-0.1, -0.05) is 42.0 Å². The molecule has 2 N–H and O–H groups in total. The zero-order chi connectivity index (χ0) is 21.6. The average molecular weight is 430 g/mol. The van der Waals surface area contributed by atoms with Crippen molar-refractivity contribution in [2.45, 2.75) is 32.1 Å². The van der Waals surface area contributed by atoms with Crippen molar-refractivity contribution in [2.75, 3.05) is 35.3 Å². The van der Waals surface area contributed by atoms with Crippen molar-refractivity contribution in [2.24, 2.45) is 5.10 Å². The van der Waals surface area contributed by atoms with Crippen LogP contribution in [-0.4, -0.2) is 40.8 Å². The van der Waals surface area contributed by atoms with Gasteiger partial charge < -0.3 is 14.6 Å². The number of furan rings is 1. The summed E-state index contributed by atoms with van der Waals surface area (Å²) in [6.45, 7) is 2.64. The normalized spacial score (nSPS) is 16.5. The second-order valence-electron chi connectivity index (χ2n) is 8.03. The number of nitrogens with one attached hydrogen (secondary N) is 2. The van der Waals surface area contributed by atoms with E-state index in [4.69, 9.17) is 4.42 Å². The molecule has 1 aliphatic heterocycles. The first-order valence-corrected chi connectivity index (χ1v) is 11.2. The van der Waals surface area contributed by atoms with Gasteiger partial charge in [-0.15, -0.1) is 0 Å². The quantitative estimate of drug-likeness (QED) is 0.414. The highest BCUT2D eigenvalue weighted by Gasteiger charge is 2.16. The molecule has 164 valence electrons. The lowest BCUT2D eigenvalue weighted by Gasteiger charge is -2.26. The summed E-state index contributed by atoms with van der Waals surface area (Å²) in [5, 5.41) is 8.70. The Kier molecular flexibility index (Phi) is 6.09. The van der Waals surface area contributed by atoms with Crippen LogP contribution in [0.2, 0.25) is 0 Å². The standard InChI is InChI=1S/C24H27N7O/c1-3-9-18(10-4-1)16-25-22-27-23(29-24(28-22)31-13-7-2-8-14-31)30-26-17-20-15-19-11-5-6-12-21(19)32-20/h1,3,5-6,9,11-12,15,17H,2,4,7-8,10,13-14,16H2,(H2,25,27,28,29,30)/b26-17+. The lowest BCUT2D eigenvalue weighted by atomic mass is 10.1. The molecular formula is C24H27N7O. The van der Waals surface area contributed by atoms with Crippen LogP contribution in [0.3, 0.4) is 0 Å². The van der Waals surface area contributed by atoms with E-state index < -0.39 is 0 Å². The largest absolute Gasteiger partial charge is 0.455 e. The molecule has 0 saturated carbocycles. The summed E-state index contributed by atoms with van der Waals surface area (Å²) in [7, 11) is 0. The van der Waals surface area contributed by atoms with Gasteiger partial charge in [-0.05, 0) is 44.2 Å². The summed E-state index contributed by atoms with van der Waals surface area (Å²) in [5.41, 5.74) is 5.12. The first-order chi connectivity index (χ1) is 15.8. The molecule has 0 bridgehead atoms. The van der Waals surface area contributed by atoms with Crippen LogP contribution in [0, 0.1) is 0 Å². The molecule has 1 aliphatic carbocycles. The second-order valence-corrected chi connectivity index (χ2v) is 8.03. The summed E-state index contributed by atoms with van der Waals surface area (Å²) in [4.78, 5) is 16.0. The number of hydrazone groups is 1. The van der Waals surface area contributed by atoms with Crippen LogP contribution in [0.4, 0.5) is 17.8 Å². The molecule has 0 radical (unpaired) electrons. The number of fused-ring (bicyclic) bond motifs is 1. The monoisotopic (exact) mass is 429 g/mol. The minimum atomic E-state index is 0.410. The van der Waals surface area contributed by atoms with E-state index in [1.165, 1.54) is 12.0 Å². The fourth-order valence-electron chi connectivity index (χ4n) is 3.94. The van der Waals surface area contributed by atoms with Gasteiger partial charge >= 0.3 is 0 Å². The molecule has 5 rings (SSSR count). The molecule has 0 atom stereocenters. The number of para-hydroxylation sites is 1. The molecule has 3 aromatic rings. The summed E-state index contributed by atoms with van der Waals surface area (Å²) in [6, 6.07) is 9.83. The molecule has 3 heterocycles. The number of hydrogen-bond donors (Lipinski definition) is 2. The molecule has 1 aromatic carbocycles. The predicted molar refractivity (Wildman–Crippen MR) is 128 cm³/mol. The molecule has 0 spiro atoms. The van der Waals surface area contributed by atoms with Crippen molar-refractivity contribution in [1.29, 1.82) is 0 Å². The van der Waals surface area contributed by atoms with Crippen LogP contribution in [0.15, 0.2) is 63.7 Å². The van der Waals surface area contributed by atoms with Gasteiger partial charge in [0.1, 0.15) is 11.3 Å². The van der Waals surface area contributed by atoms with Crippen molar-refractivity contribution < 1.29 is 4.42 Å². The third-order valence-corrected chi connectivity index (χ3v) is 5.64. The maximum atomic E-state index is 5.78. The van der Waals surface area contributed by atoms with Gasteiger partial charge in [0.25, 0.3) is 0 Å². The van der Waals surface area contributed by atoms with Crippen LogP contribution >= 0.6 is 0 Å². The molecule has 1 saturated heterocycles. The van der Waals surface area contributed by atoms with E-state index in [1.807, 2.05) is 30.3 Å². The molecule has 2 aromatic heterocycles. The Morgan fingerprint density at radius 3 is 2.78 bits per heavy atom. The number of anilines is 3. The Balaban J connectivity index is 1.33.